The van der Waals surface area contributed by atoms with Crippen molar-refractivity contribution in [3.63, 3.8) is 0 Å². The first-order valence-corrected chi connectivity index (χ1v) is 5.10. The van der Waals surface area contributed by atoms with Crippen molar-refractivity contribution in [1.82, 2.24) is 9.78 Å². The third-order valence-corrected chi connectivity index (χ3v) is 2.57. The van der Waals surface area contributed by atoms with Crippen LogP contribution < -0.4 is 0 Å². The van der Waals surface area contributed by atoms with E-state index in [9.17, 15) is 0 Å². The summed E-state index contributed by atoms with van der Waals surface area (Å²) in [5.41, 5.74) is 0.489. The van der Waals surface area contributed by atoms with E-state index >= 15 is 0 Å². The van der Waals surface area contributed by atoms with Gasteiger partial charge in [-0.15, -0.1) is 0 Å². The van der Waals surface area contributed by atoms with Crippen LogP contribution in [0.1, 0.15) is 0 Å². The summed E-state index contributed by atoms with van der Waals surface area (Å²) in [6, 6.07) is 3.12. The van der Waals surface area contributed by atoms with Crippen molar-refractivity contribution in [1.29, 1.82) is 0 Å². The van der Waals surface area contributed by atoms with E-state index in [1.807, 2.05) is 0 Å². The number of hydrogen-bond donors (Lipinski definition) is 1. The molecule has 2 rings (SSSR count). The topological polar surface area (TPSA) is 38.1 Å². The van der Waals surface area contributed by atoms with Crippen molar-refractivity contribution in [2.24, 2.45) is 0 Å². The van der Waals surface area contributed by atoms with Gasteiger partial charge in [0.1, 0.15) is 5.69 Å². The van der Waals surface area contributed by atoms with E-state index in [4.69, 9.17) is 39.9 Å². The molecule has 0 fully saturated rings. The molecule has 0 amide bonds. The van der Waals surface area contributed by atoms with Crippen LogP contribution >= 0.6 is 34.8 Å². The minimum atomic E-state index is 0.0390. The molecule has 6 heteroatoms. The summed E-state index contributed by atoms with van der Waals surface area (Å²) in [6.45, 7) is 0. The molecular weight excluding hydrogens is 258 g/mol. The number of hydrogen-bond acceptors (Lipinski definition) is 2. The Morgan fingerprint density at radius 2 is 1.73 bits per heavy atom. The molecule has 1 N–H and O–H groups in total. The maximum atomic E-state index is 9.16. The van der Waals surface area contributed by atoms with Crippen LogP contribution in [0.5, 0.6) is 5.75 Å². The van der Waals surface area contributed by atoms with Crippen molar-refractivity contribution >= 4 is 34.8 Å². The minimum Gasteiger partial charge on any atom is -0.505 e. The molecule has 0 aliphatic heterocycles. The fraction of sp³-hybridized carbons (Fsp3) is 0. The van der Waals surface area contributed by atoms with E-state index in [1.54, 1.807) is 12.1 Å². The van der Waals surface area contributed by atoms with E-state index in [2.05, 4.69) is 5.10 Å². The van der Waals surface area contributed by atoms with Gasteiger partial charge >= 0.3 is 0 Å². The first kappa shape index (κ1) is 10.6. The lowest BCUT2D eigenvalue weighted by atomic mass is 10.3. The monoisotopic (exact) mass is 262 g/mol. The highest BCUT2D eigenvalue weighted by Gasteiger charge is 2.10. The van der Waals surface area contributed by atoms with Crippen LogP contribution in [0.25, 0.3) is 5.69 Å². The van der Waals surface area contributed by atoms with Gasteiger partial charge in [0.25, 0.3) is 0 Å². The Morgan fingerprint density at radius 1 is 1.13 bits per heavy atom. The maximum absolute atomic E-state index is 9.16. The van der Waals surface area contributed by atoms with Gasteiger partial charge in [0, 0.05) is 5.02 Å². The average Bonchev–Trinajstić information content (AvgIpc) is 2.49. The molecule has 1 heterocycles. The molecule has 78 valence electrons. The summed E-state index contributed by atoms with van der Waals surface area (Å²) in [4.78, 5) is 0. The van der Waals surface area contributed by atoms with Crippen molar-refractivity contribution in [3.8, 4) is 11.4 Å². The summed E-state index contributed by atoms with van der Waals surface area (Å²) in [7, 11) is 0. The van der Waals surface area contributed by atoms with Crippen LogP contribution in [0.4, 0.5) is 0 Å². The molecule has 0 saturated heterocycles. The second-order valence-corrected chi connectivity index (χ2v) is 4.11. The number of nitrogens with zero attached hydrogens (tertiary/aromatic N) is 2. The van der Waals surface area contributed by atoms with Crippen molar-refractivity contribution in [3.05, 3.63) is 39.6 Å². The van der Waals surface area contributed by atoms with Gasteiger partial charge in [0.2, 0.25) is 0 Å². The number of benzene rings is 1. The summed E-state index contributed by atoms with van der Waals surface area (Å²) in [6.07, 6.45) is 2.70. The second kappa shape index (κ2) is 3.93. The van der Waals surface area contributed by atoms with Gasteiger partial charge in [-0.2, -0.15) is 5.10 Å². The van der Waals surface area contributed by atoms with Gasteiger partial charge in [0.05, 0.1) is 22.4 Å². The number of rotatable bonds is 1. The van der Waals surface area contributed by atoms with Crippen molar-refractivity contribution in [2.45, 2.75) is 0 Å². The highest BCUT2D eigenvalue weighted by molar-refractivity contribution is 6.40. The Kier molecular flexibility index (Phi) is 2.78. The molecule has 0 atom stereocenters. The van der Waals surface area contributed by atoms with Gasteiger partial charge < -0.3 is 5.11 Å². The predicted octanol–water partition coefficient (Wildman–Crippen LogP) is 3.54. The van der Waals surface area contributed by atoms with E-state index in [0.717, 1.165) is 0 Å². The van der Waals surface area contributed by atoms with Gasteiger partial charge in [-0.25, -0.2) is 4.68 Å². The van der Waals surface area contributed by atoms with E-state index in [1.165, 1.54) is 17.1 Å². The van der Waals surface area contributed by atoms with Gasteiger partial charge in [-0.1, -0.05) is 34.8 Å². The molecule has 0 aliphatic rings. The zero-order chi connectivity index (χ0) is 11.0. The van der Waals surface area contributed by atoms with E-state index < -0.39 is 0 Å². The molecule has 0 spiro atoms. The lowest BCUT2D eigenvalue weighted by molar-refractivity contribution is 0.475. The van der Waals surface area contributed by atoms with Crippen LogP contribution in [-0.4, -0.2) is 14.9 Å². The van der Waals surface area contributed by atoms with Crippen LogP contribution in [0.3, 0.4) is 0 Å². The largest absolute Gasteiger partial charge is 0.505 e. The normalized spacial score (nSPS) is 10.6. The summed E-state index contributed by atoms with van der Waals surface area (Å²) >= 11 is 17.7. The first-order valence-electron chi connectivity index (χ1n) is 3.96. The molecule has 0 saturated carbocycles. The number of aromatic hydroxyl groups is 1. The maximum Gasteiger partial charge on any atom is 0.153 e. The third-order valence-electron chi connectivity index (χ3n) is 1.78. The predicted molar refractivity (Wildman–Crippen MR) is 60.3 cm³/mol. The molecule has 0 radical (unpaired) electrons. The summed E-state index contributed by atoms with van der Waals surface area (Å²) in [5, 5.41) is 14.2. The quantitative estimate of drug-likeness (QED) is 0.854. The van der Waals surface area contributed by atoms with Crippen molar-refractivity contribution < 1.29 is 5.11 Å². The van der Waals surface area contributed by atoms with Crippen molar-refractivity contribution in [2.75, 3.05) is 0 Å². The van der Waals surface area contributed by atoms with Gasteiger partial charge in [0.15, 0.2) is 5.75 Å². The van der Waals surface area contributed by atoms with E-state index in [-0.39, 0.29) is 5.75 Å². The fourth-order valence-corrected chi connectivity index (χ4v) is 2.18. The fourth-order valence-electron chi connectivity index (χ4n) is 1.19. The molecule has 1 aromatic heterocycles. The Balaban J connectivity index is 2.62. The minimum absolute atomic E-state index is 0.0390. The highest BCUT2D eigenvalue weighted by Crippen LogP contribution is 2.32. The van der Waals surface area contributed by atoms with E-state index in [0.29, 0.717) is 20.8 Å². The highest BCUT2D eigenvalue weighted by atomic mass is 35.5. The zero-order valence-electron chi connectivity index (χ0n) is 7.28. The molecule has 3 nitrogen and oxygen atoms in total. The van der Waals surface area contributed by atoms with Gasteiger partial charge in [-0.3, -0.25) is 0 Å². The Morgan fingerprint density at radius 3 is 2.20 bits per heavy atom. The number of aromatic nitrogens is 2. The molecule has 1 aromatic carbocycles. The molecular formula is C9H5Cl3N2O. The standard InChI is InChI=1S/C9H5Cl3N2O/c10-5-1-7(11)9(8(12)2-5)14-4-6(15)3-13-14/h1-4,15H. The van der Waals surface area contributed by atoms with Crippen LogP contribution in [0.15, 0.2) is 24.5 Å². The molecule has 0 unspecified atom stereocenters. The number of halogens is 3. The van der Waals surface area contributed by atoms with Crippen LogP contribution in [0.2, 0.25) is 15.1 Å². The molecule has 15 heavy (non-hydrogen) atoms. The SMILES string of the molecule is Oc1cnn(-c2c(Cl)cc(Cl)cc2Cl)c1. The molecule has 0 aliphatic carbocycles. The molecule has 0 bridgehead atoms. The Labute approximate surface area is 101 Å². The second-order valence-electron chi connectivity index (χ2n) is 2.86. The average molecular weight is 264 g/mol. The summed E-state index contributed by atoms with van der Waals surface area (Å²) in [5.74, 6) is 0.0390. The molecule has 2 aromatic rings. The zero-order valence-corrected chi connectivity index (χ0v) is 9.55. The van der Waals surface area contributed by atoms with Gasteiger partial charge in [-0.05, 0) is 12.1 Å². The summed E-state index contributed by atoms with van der Waals surface area (Å²) < 4.78 is 1.39. The lowest BCUT2D eigenvalue weighted by Gasteiger charge is -2.06. The lowest BCUT2D eigenvalue weighted by Crippen LogP contribution is -1.96. The Bertz CT molecular complexity index is 487. The Hall–Kier alpha value is -0.900. The third kappa shape index (κ3) is 2.04. The smallest absolute Gasteiger partial charge is 0.153 e. The van der Waals surface area contributed by atoms with Crippen LogP contribution in [-0.2, 0) is 0 Å². The van der Waals surface area contributed by atoms with Crippen LogP contribution in [0, 0.1) is 0 Å². The first-order chi connectivity index (χ1) is 7.08.